The molecule has 1 atom stereocenters. The Kier molecular flexibility index (Phi) is 3.28. The molecule has 0 saturated heterocycles. The van der Waals surface area contributed by atoms with E-state index in [0.29, 0.717) is 12.4 Å². The number of hydrogen-bond acceptors (Lipinski definition) is 4. The van der Waals surface area contributed by atoms with E-state index in [4.69, 9.17) is 10.5 Å². The van der Waals surface area contributed by atoms with Crippen LogP contribution in [-0.4, -0.2) is 28.5 Å². The molecule has 0 bridgehead atoms. The number of hydrogen-bond donors (Lipinski definition) is 1. The Balaban J connectivity index is 2.33. The average molecular weight is 218 g/mol. The van der Waals surface area contributed by atoms with E-state index in [2.05, 4.69) is 10.2 Å². The Hall–Kier alpha value is -1.72. The van der Waals surface area contributed by atoms with Gasteiger partial charge >= 0.3 is 0 Å². The maximum absolute atomic E-state index is 5.94. The zero-order chi connectivity index (χ0) is 11.4. The standard InChI is InChI=1S/C11H14N4O/c1-16-7-10(12)11-14-13-8-15(11)9-5-3-2-4-6-9/h2-6,8,10H,7,12H2,1H3. The van der Waals surface area contributed by atoms with Gasteiger partial charge in [-0.1, -0.05) is 18.2 Å². The second kappa shape index (κ2) is 4.87. The van der Waals surface area contributed by atoms with E-state index in [9.17, 15) is 0 Å². The molecule has 1 unspecified atom stereocenters. The molecule has 1 aromatic carbocycles. The summed E-state index contributed by atoms with van der Waals surface area (Å²) < 4.78 is 6.88. The number of nitrogens with two attached hydrogens (primary N) is 1. The second-order valence-corrected chi connectivity index (χ2v) is 3.46. The molecule has 2 rings (SSSR count). The van der Waals surface area contributed by atoms with Gasteiger partial charge in [0, 0.05) is 12.8 Å². The smallest absolute Gasteiger partial charge is 0.156 e. The second-order valence-electron chi connectivity index (χ2n) is 3.46. The highest BCUT2D eigenvalue weighted by Crippen LogP contribution is 2.13. The Bertz CT molecular complexity index is 440. The third-order valence-corrected chi connectivity index (χ3v) is 2.29. The van der Waals surface area contributed by atoms with Gasteiger partial charge in [0.1, 0.15) is 6.33 Å². The van der Waals surface area contributed by atoms with E-state index in [1.807, 2.05) is 34.9 Å². The topological polar surface area (TPSA) is 66.0 Å². The molecule has 5 heteroatoms. The van der Waals surface area contributed by atoms with Crippen molar-refractivity contribution in [2.75, 3.05) is 13.7 Å². The Morgan fingerprint density at radius 1 is 1.38 bits per heavy atom. The minimum atomic E-state index is -0.271. The van der Waals surface area contributed by atoms with E-state index < -0.39 is 0 Å². The molecule has 1 heterocycles. The number of nitrogens with zero attached hydrogens (tertiary/aromatic N) is 3. The van der Waals surface area contributed by atoms with Crippen molar-refractivity contribution in [2.24, 2.45) is 5.73 Å². The normalized spacial score (nSPS) is 12.6. The fourth-order valence-corrected chi connectivity index (χ4v) is 1.54. The molecule has 0 aliphatic rings. The zero-order valence-corrected chi connectivity index (χ0v) is 9.08. The predicted octanol–water partition coefficient (Wildman–Crippen LogP) is 0.913. The molecule has 0 amide bonds. The molecule has 5 nitrogen and oxygen atoms in total. The van der Waals surface area contributed by atoms with Gasteiger partial charge in [0.25, 0.3) is 0 Å². The van der Waals surface area contributed by atoms with Crippen LogP contribution in [0.25, 0.3) is 5.69 Å². The summed E-state index contributed by atoms with van der Waals surface area (Å²) in [6, 6.07) is 9.57. The van der Waals surface area contributed by atoms with Crippen LogP contribution in [0.5, 0.6) is 0 Å². The van der Waals surface area contributed by atoms with Crippen molar-refractivity contribution in [1.29, 1.82) is 0 Å². The molecule has 0 aliphatic heterocycles. The highest BCUT2D eigenvalue weighted by atomic mass is 16.5. The number of benzene rings is 1. The van der Waals surface area contributed by atoms with Crippen molar-refractivity contribution in [3.8, 4) is 5.69 Å². The molecular formula is C11H14N4O. The summed E-state index contributed by atoms with van der Waals surface area (Å²) in [5.74, 6) is 0.702. The molecule has 2 aromatic rings. The van der Waals surface area contributed by atoms with Gasteiger partial charge in [0.2, 0.25) is 0 Å². The molecule has 16 heavy (non-hydrogen) atoms. The summed E-state index contributed by atoms with van der Waals surface area (Å²) in [7, 11) is 1.61. The van der Waals surface area contributed by atoms with Crippen LogP contribution in [0.3, 0.4) is 0 Å². The fraction of sp³-hybridized carbons (Fsp3) is 0.273. The first-order valence-corrected chi connectivity index (χ1v) is 5.03. The maximum atomic E-state index is 5.94. The first kappa shape index (κ1) is 10.8. The third-order valence-electron chi connectivity index (χ3n) is 2.29. The van der Waals surface area contributed by atoms with E-state index in [1.54, 1.807) is 13.4 Å². The van der Waals surface area contributed by atoms with Crippen LogP contribution in [0.15, 0.2) is 36.7 Å². The Morgan fingerprint density at radius 3 is 2.81 bits per heavy atom. The molecule has 0 radical (unpaired) electrons. The van der Waals surface area contributed by atoms with E-state index in [-0.39, 0.29) is 6.04 Å². The number of methoxy groups -OCH3 is 1. The van der Waals surface area contributed by atoms with Gasteiger partial charge in [-0.15, -0.1) is 10.2 Å². The molecule has 1 aromatic heterocycles. The summed E-state index contributed by atoms with van der Waals surface area (Å²) in [4.78, 5) is 0. The van der Waals surface area contributed by atoms with Crippen molar-refractivity contribution >= 4 is 0 Å². The first-order valence-electron chi connectivity index (χ1n) is 5.03. The van der Waals surface area contributed by atoms with Crippen molar-refractivity contribution < 1.29 is 4.74 Å². The zero-order valence-electron chi connectivity index (χ0n) is 9.08. The first-order chi connectivity index (χ1) is 7.83. The number of rotatable bonds is 4. The third kappa shape index (κ3) is 2.10. The summed E-state index contributed by atoms with van der Waals surface area (Å²) in [5.41, 5.74) is 6.93. The van der Waals surface area contributed by atoms with Gasteiger partial charge in [-0.3, -0.25) is 4.57 Å². The molecule has 0 saturated carbocycles. The average Bonchev–Trinajstić information content (AvgIpc) is 2.79. The van der Waals surface area contributed by atoms with E-state index in [1.165, 1.54) is 0 Å². The number of para-hydroxylation sites is 1. The van der Waals surface area contributed by atoms with E-state index in [0.717, 1.165) is 5.69 Å². The minimum Gasteiger partial charge on any atom is -0.383 e. The van der Waals surface area contributed by atoms with Gasteiger partial charge in [0.05, 0.1) is 12.6 Å². The number of aromatic nitrogens is 3. The summed E-state index contributed by atoms with van der Waals surface area (Å²) in [6.07, 6.45) is 1.65. The van der Waals surface area contributed by atoms with Crippen LogP contribution in [0, 0.1) is 0 Å². The lowest BCUT2D eigenvalue weighted by molar-refractivity contribution is 0.177. The van der Waals surface area contributed by atoms with Gasteiger partial charge in [-0.05, 0) is 12.1 Å². The fourth-order valence-electron chi connectivity index (χ4n) is 1.54. The van der Waals surface area contributed by atoms with Gasteiger partial charge in [0.15, 0.2) is 5.82 Å². The lowest BCUT2D eigenvalue weighted by Gasteiger charge is -2.11. The summed E-state index contributed by atoms with van der Waals surface area (Å²) in [6.45, 7) is 0.422. The van der Waals surface area contributed by atoms with Crippen molar-refractivity contribution in [2.45, 2.75) is 6.04 Å². The van der Waals surface area contributed by atoms with Crippen molar-refractivity contribution in [3.63, 3.8) is 0 Å². The Labute approximate surface area is 93.9 Å². The van der Waals surface area contributed by atoms with Gasteiger partial charge in [-0.2, -0.15) is 0 Å². The van der Waals surface area contributed by atoms with Crippen LogP contribution in [0.4, 0.5) is 0 Å². The minimum absolute atomic E-state index is 0.271. The number of ether oxygens (including phenoxy) is 1. The SMILES string of the molecule is COCC(N)c1nncn1-c1ccccc1. The highest BCUT2D eigenvalue weighted by molar-refractivity contribution is 5.32. The van der Waals surface area contributed by atoms with Gasteiger partial charge < -0.3 is 10.5 Å². The molecule has 0 fully saturated rings. The lowest BCUT2D eigenvalue weighted by atomic mass is 10.2. The molecule has 2 N–H and O–H groups in total. The van der Waals surface area contributed by atoms with Crippen LogP contribution in [-0.2, 0) is 4.74 Å². The maximum Gasteiger partial charge on any atom is 0.156 e. The van der Waals surface area contributed by atoms with Crippen LogP contribution < -0.4 is 5.73 Å². The van der Waals surface area contributed by atoms with Crippen LogP contribution >= 0.6 is 0 Å². The highest BCUT2D eigenvalue weighted by Gasteiger charge is 2.14. The molecular weight excluding hydrogens is 204 g/mol. The predicted molar refractivity (Wildman–Crippen MR) is 60.2 cm³/mol. The largest absolute Gasteiger partial charge is 0.383 e. The lowest BCUT2D eigenvalue weighted by Crippen LogP contribution is -2.20. The monoisotopic (exact) mass is 218 g/mol. The van der Waals surface area contributed by atoms with Gasteiger partial charge in [-0.25, -0.2) is 0 Å². The van der Waals surface area contributed by atoms with Crippen LogP contribution in [0.2, 0.25) is 0 Å². The summed E-state index contributed by atoms with van der Waals surface area (Å²) >= 11 is 0. The quantitative estimate of drug-likeness (QED) is 0.828. The molecule has 0 aliphatic carbocycles. The Morgan fingerprint density at radius 2 is 2.12 bits per heavy atom. The molecule has 84 valence electrons. The molecule has 0 spiro atoms. The van der Waals surface area contributed by atoms with Crippen LogP contribution in [0.1, 0.15) is 11.9 Å². The van der Waals surface area contributed by atoms with Crippen molar-refractivity contribution in [3.05, 3.63) is 42.5 Å². The van der Waals surface area contributed by atoms with Crippen molar-refractivity contribution in [1.82, 2.24) is 14.8 Å². The summed E-state index contributed by atoms with van der Waals surface area (Å²) in [5, 5.41) is 7.90. The van der Waals surface area contributed by atoms with E-state index >= 15 is 0 Å².